The third-order valence-corrected chi connectivity index (χ3v) is 3.71. The molecule has 3 aromatic rings. The van der Waals surface area contributed by atoms with E-state index in [4.69, 9.17) is 9.47 Å². The summed E-state index contributed by atoms with van der Waals surface area (Å²) in [6.07, 6.45) is 4.94. The molecule has 0 fully saturated rings. The highest BCUT2D eigenvalue weighted by atomic mass is 16.5. The number of nitrogens with one attached hydrogen (secondary N) is 1. The van der Waals surface area contributed by atoms with Gasteiger partial charge in [0.15, 0.2) is 12.4 Å². The number of aryl methyl sites for hydroxylation is 2. The molecule has 1 aromatic carbocycles. The van der Waals surface area contributed by atoms with Crippen molar-refractivity contribution < 1.29 is 14.3 Å². The van der Waals surface area contributed by atoms with E-state index in [1.165, 1.54) is 5.56 Å². The van der Waals surface area contributed by atoms with Crippen molar-refractivity contribution in [1.82, 2.24) is 19.6 Å². The van der Waals surface area contributed by atoms with Crippen LogP contribution in [-0.2, 0) is 18.2 Å². The van der Waals surface area contributed by atoms with E-state index in [9.17, 15) is 4.79 Å². The largest absolute Gasteiger partial charge is 0.471 e. The average Bonchev–Trinajstić information content (AvgIpc) is 3.24. The van der Waals surface area contributed by atoms with Gasteiger partial charge in [0.1, 0.15) is 12.5 Å². The Bertz CT molecular complexity index is 900. The van der Waals surface area contributed by atoms with Gasteiger partial charge in [-0.05, 0) is 31.5 Å². The molecule has 8 heteroatoms. The molecule has 0 aliphatic rings. The van der Waals surface area contributed by atoms with Gasteiger partial charge in [0.2, 0.25) is 0 Å². The number of hydrogen-bond acceptors (Lipinski definition) is 5. The van der Waals surface area contributed by atoms with E-state index < -0.39 is 0 Å². The Kier molecular flexibility index (Phi) is 5.33. The van der Waals surface area contributed by atoms with Gasteiger partial charge in [0.25, 0.3) is 5.91 Å². The van der Waals surface area contributed by atoms with Crippen molar-refractivity contribution in [2.75, 3.05) is 12.4 Å². The highest BCUT2D eigenvalue weighted by molar-refractivity contribution is 6.02. The van der Waals surface area contributed by atoms with Gasteiger partial charge < -0.3 is 14.8 Å². The maximum Gasteiger partial charge on any atom is 0.276 e. The van der Waals surface area contributed by atoms with Crippen LogP contribution in [0.15, 0.2) is 42.9 Å². The Morgan fingerprint density at radius 2 is 2.04 bits per heavy atom. The van der Waals surface area contributed by atoms with E-state index in [1.54, 1.807) is 41.1 Å². The van der Waals surface area contributed by atoms with E-state index >= 15 is 0 Å². The predicted molar refractivity (Wildman–Crippen MR) is 96.0 cm³/mol. The number of aromatic nitrogens is 4. The number of nitrogens with zero attached hydrogens (tertiary/aromatic N) is 4. The number of benzene rings is 1. The Labute approximate surface area is 151 Å². The van der Waals surface area contributed by atoms with Gasteiger partial charge in [0.05, 0.1) is 18.1 Å². The number of hydrogen-bond donors (Lipinski definition) is 1. The SMILES string of the molecule is COCn1cc(NC(=O)c2ccn(COc3ccc(C)cc3C)n2)cn1. The van der Waals surface area contributed by atoms with E-state index in [2.05, 4.69) is 21.6 Å². The first-order valence-corrected chi connectivity index (χ1v) is 8.11. The van der Waals surface area contributed by atoms with Crippen molar-refractivity contribution in [3.8, 4) is 5.75 Å². The van der Waals surface area contributed by atoms with Crippen molar-refractivity contribution in [3.63, 3.8) is 0 Å². The molecular formula is C18H21N5O3. The van der Waals surface area contributed by atoms with Crippen molar-refractivity contribution >= 4 is 11.6 Å². The van der Waals surface area contributed by atoms with E-state index in [-0.39, 0.29) is 12.6 Å². The first kappa shape index (κ1) is 17.7. The lowest BCUT2D eigenvalue weighted by molar-refractivity contribution is 0.102. The summed E-state index contributed by atoms with van der Waals surface area (Å²) in [6, 6.07) is 7.62. The summed E-state index contributed by atoms with van der Waals surface area (Å²) in [5.74, 6) is 0.481. The monoisotopic (exact) mass is 355 g/mol. The Hall–Kier alpha value is -3.13. The van der Waals surface area contributed by atoms with E-state index in [0.717, 1.165) is 11.3 Å². The molecule has 0 spiro atoms. The summed E-state index contributed by atoms with van der Waals surface area (Å²) in [4.78, 5) is 12.3. The maximum atomic E-state index is 12.3. The quantitative estimate of drug-likeness (QED) is 0.704. The minimum Gasteiger partial charge on any atom is -0.471 e. The third-order valence-electron chi connectivity index (χ3n) is 3.71. The number of amides is 1. The molecule has 0 aliphatic carbocycles. The number of rotatable bonds is 7. The van der Waals surface area contributed by atoms with Crippen LogP contribution < -0.4 is 10.1 Å². The molecule has 0 atom stereocenters. The van der Waals surface area contributed by atoms with Crippen LogP contribution >= 0.6 is 0 Å². The summed E-state index contributed by atoms with van der Waals surface area (Å²) in [6.45, 7) is 4.57. The highest BCUT2D eigenvalue weighted by Crippen LogP contribution is 2.19. The van der Waals surface area contributed by atoms with Gasteiger partial charge in [-0.2, -0.15) is 10.2 Å². The molecule has 1 N–H and O–H groups in total. The van der Waals surface area contributed by atoms with Crippen LogP contribution in [0.1, 0.15) is 21.6 Å². The summed E-state index contributed by atoms with van der Waals surface area (Å²) in [7, 11) is 1.58. The van der Waals surface area contributed by atoms with Crippen LogP contribution in [-0.4, -0.2) is 32.6 Å². The molecule has 2 aromatic heterocycles. The van der Waals surface area contributed by atoms with Crippen molar-refractivity contribution in [3.05, 3.63) is 59.7 Å². The van der Waals surface area contributed by atoms with Crippen LogP contribution in [0.2, 0.25) is 0 Å². The molecule has 8 nitrogen and oxygen atoms in total. The lowest BCUT2D eigenvalue weighted by Crippen LogP contribution is -2.14. The fraction of sp³-hybridized carbons (Fsp3) is 0.278. The summed E-state index contributed by atoms with van der Waals surface area (Å²) in [5, 5.41) is 11.1. The highest BCUT2D eigenvalue weighted by Gasteiger charge is 2.11. The van der Waals surface area contributed by atoms with Crippen molar-refractivity contribution in [1.29, 1.82) is 0 Å². The molecule has 2 heterocycles. The minimum atomic E-state index is -0.313. The molecule has 3 rings (SSSR count). The standard InChI is InChI=1S/C18H21N5O3/c1-13-4-5-17(14(2)8-13)26-12-22-7-6-16(21-22)18(24)20-15-9-19-23(10-15)11-25-3/h4-10H,11-12H2,1-3H3,(H,20,24). The van der Waals surface area contributed by atoms with Crippen molar-refractivity contribution in [2.24, 2.45) is 0 Å². The fourth-order valence-corrected chi connectivity index (χ4v) is 2.48. The second-order valence-corrected chi connectivity index (χ2v) is 5.92. The van der Waals surface area contributed by atoms with Crippen molar-refractivity contribution in [2.45, 2.75) is 27.3 Å². The number of carbonyl (C=O) groups is 1. The zero-order chi connectivity index (χ0) is 18.5. The molecule has 0 saturated carbocycles. The zero-order valence-electron chi connectivity index (χ0n) is 15.0. The third kappa shape index (κ3) is 4.28. The number of anilines is 1. The number of carbonyl (C=O) groups excluding carboxylic acids is 1. The van der Waals surface area contributed by atoms with Crippen LogP contribution in [0.25, 0.3) is 0 Å². The van der Waals surface area contributed by atoms with Crippen LogP contribution in [0.4, 0.5) is 5.69 Å². The summed E-state index contributed by atoms with van der Waals surface area (Å²) < 4.78 is 13.9. The molecule has 0 unspecified atom stereocenters. The van der Waals surface area contributed by atoms with Crippen LogP contribution in [0.5, 0.6) is 5.75 Å². The van der Waals surface area contributed by atoms with E-state index in [1.807, 2.05) is 26.0 Å². The lowest BCUT2D eigenvalue weighted by atomic mass is 10.1. The predicted octanol–water partition coefficient (Wildman–Crippen LogP) is 2.59. The van der Waals surface area contributed by atoms with Crippen LogP contribution in [0, 0.1) is 13.8 Å². The molecular weight excluding hydrogens is 334 g/mol. The summed E-state index contributed by atoms with van der Waals surface area (Å²) >= 11 is 0. The van der Waals surface area contributed by atoms with Gasteiger partial charge in [-0.1, -0.05) is 17.7 Å². The maximum absolute atomic E-state index is 12.3. The smallest absolute Gasteiger partial charge is 0.276 e. The molecule has 1 amide bonds. The topological polar surface area (TPSA) is 83.2 Å². The van der Waals surface area contributed by atoms with Gasteiger partial charge in [-0.3, -0.25) is 4.79 Å². The van der Waals surface area contributed by atoms with Gasteiger partial charge in [-0.25, -0.2) is 9.36 Å². The Morgan fingerprint density at radius 1 is 1.19 bits per heavy atom. The number of methoxy groups -OCH3 is 1. The molecule has 0 saturated heterocycles. The van der Waals surface area contributed by atoms with Gasteiger partial charge in [0, 0.05) is 13.3 Å². The first-order valence-electron chi connectivity index (χ1n) is 8.11. The minimum absolute atomic E-state index is 0.225. The van der Waals surface area contributed by atoms with E-state index in [0.29, 0.717) is 18.1 Å². The van der Waals surface area contributed by atoms with Gasteiger partial charge in [-0.15, -0.1) is 0 Å². The molecule has 26 heavy (non-hydrogen) atoms. The zero-order valence-corrected chi connectivity index (χ0v) is 15.0. The first-order chi connectivity index (χ1) is 12.5. The average molecular weight is 355 g/mol. The Morgan fingerprint density at radius 3 is 2.81 bits per heavy atom. The summed E-state index contributed by atoms with van der Waals surface area (Å²) in [5.41, 5.74) is 3.12. The second-order valence-electron chi connectivity index (χ2n) is 5.92. The molecule has 0 aliphatic heterocycles. The molecule has 0 bridgehead atoms. The molecule has 0 radical (unpaired) electrons. The molecule has 136 valence electrons. The fourth-order valence-electron chi connectivity index (χ4n) is 2.48. The second kappa shape index (κ2) is 7.83. The van der Waals surface area contributed by atoms with Gasteiger partial charge >= 0.3 is 0 Å². The van der Waals surface area contributed by atoms with Crippen LogP contribution in [0.3, 0.4) is 0 Å². The normalized spacial score (nSPS) is 10.7. The number of ether oxygens (including phenoxy) is 2. The lowest BCUT2D eigenvalue weighted by Gasteiger charge is -2.09. The Balaban J connectivity index is 1.58.